The number of likely N-dealkylation sites (tertiary alicyclic amines) is 1. The molecule has 6 heteroatoms. The van der Waals surface area contributed by atoms with E-state index >= 15 is 0 Å². The number of halogens is 2. The maximum Gasteiger partial charge on any atom is 0.387 e. The third kappa shape index (κ3) is 3.25. The normalized spacial score (nSPS) is 22.9. The van der Waals surface area contributed by atoms with Crippen molar-refractivity contribution in [3.63, 3.8) is 0 Å². The van der Waals surface area contributed by atoms with Crippen molar-refractivity contribution < 1.29 is 23.4 Å². The van der Waals surface area contributed by atoms with Gasteiger partial charge in [0, 0.05) is 13.1 Å². The fraction of sp³-hybridized carbons (Fsp3) is 0.500. The Hall–Kier alpha value is -1.69. The fourth-order valence-corrected chi connectivity index (χ4v) is 2.33. The van der Waals surface area contributed by atoms with E-state index in [-0.39, 0.29) is 23.1 Å². The van der Waals surface area contributed by atoms with Crippen LogP contribution in [0.25, 0.3) is 0 Å². The van der Waals surface area contributed by atoms with E-state index in [1.54, 1.807) is 11.0 Å². The fourth-order valence-electron chi connectivity index (χ4n) is 2.33. The average Bonchev–Trinajstić information content (AvgIpc) is 2.41. The Bertz CT molecular complexity index is 481. The first-order valence-electron chi connectivity index (χ1n) is 6.50. The molecule has 0 aromatic heterocycles. The molecule has 4 nitrogen and oxygen atoms in total. The summed E-state index contributed by atoms with van der Waals surface area (Å²) in [6.45, 7) is -0.298. The Balaban J connectivity index is 2.17. The smallest absolute Gasteiger partial charge is 0.387 e. The molecule has 1 aliphatic rings. The van der Waals surface area contributed by atoms with E-state index < -0.39 is 12.7 Å². The maximum absolute atomic E-state index is 12.4. The van der Waals surface area contributed by atoms with Crippen molar-refractivity contribution >= 4 is 5.91 Å². The second kappa shape index (κ2) is 6.17. The zero-order chi connectivity index (χ0) is 14.7. The van der Waals surface area contributed by atoms with Crippen molar-refractivity contribution in [2.45, 2.75) is 26.1 Å². The van der Waals surface area contributed by atoms with E-state index in [0.29, 0.717) is 19.5 Å². The van der Waals surface area contributed by atoms with Crippen LogP contribution in [-0.4, -0.2) is 41.7 Å². The molecule has 2 atom stereocenters. The second-order valence-electron chi connectivity index (χ2n) is 4.96. The summed E-state index contributed by atoms with van der Waals surface area (Å²) in [5.74, 6) is -0.498. The largest absolute Gasteiger partial charge is 0.434 e. The number of alkyl halides is 2. The summed E-state index contributed by atoms with van der Waals surface area (Å²) in [4.78, 5) is 13.9. The maximum atomic E-state index is 12.4. The van der Waals surface area contributed by atoms with Crippen LogP contribution in [0, 0.1) is 5.92 Å². The lowest BCUT2D eigenvalue weighted by Crippen LogP contribution is -2.45. The SMILES string of the molecule is CC1CN(C(=O)c2ccccc2OC(F)F)CCC1O. The number of para-hydroxylation sites is 1. The molecule has 2 rings (SSSR count). The Labute approximate surface area is 116 Å². The topological polar surface area (TPSA) is 49.8 Å². The Morgan fingerprint density at radius 1 is 1.45 bits per heavy atom. The zero-order valence-corrected chi connectivity index (χ0v) is 11.1. The van der Waals surface area contributed by atoms with Gasteiger partial charge >= 0.3 is 6.61 Å². The standard InChI is InChI=1S/C14H17F2NO3/c1-9-8-17(7-6-11(9)18)13(19)10-4-2-3-5-12(10)20-14(15)16/h2-5,9,11,14,18H,6-8H2,1H3. The van der Waals surface area contributed by atoms with Gasteiger partial charge in [-0.05, 0) is 24.5 Å². The Morgan fingerprint density at radius 3 is 2.80 bits per heavy atom. The number of rotatable bonds is 3. The van der Waals surface area contributed by atoms with Crippen LogP contribution in [-0.2, 0) is 0 Å². The predicted octanol–water partition coefficient (Wildman–Crippen LogP) is 2.13. The number of hydrogen-bond acceptors (Lipinski definition) is 3. The number of carbonyl (C=O) groups is 1. The first-order chi connectivity index (χ1) is 9.49. The molecule has 1 fully saturated rings. The molecule has 0 radical (unpaired) electrons. The number of piperidine rings is 1. The number of nitrogens with zero attached hydrogens (tertiary/aromatic N) is 1. The third-order valence-corrected chi connectivity index (χ3v) is 3.48. The molecule has 0 saturated carbocycles. The molecule has 0 bridgehead atoms. The minimum absolute atomic E-state index is 0.0316. The molecule has 0 spiro atoms. The van der Waals surface area contributed by atoms with Crippen LogP contribution < -0.4 is 4.74 Å². The van der Waals surface area contributed by atoms with E-state index in [2.05, 4.69) is 4.74 Å². The van der Waals surface area contributed by atoms with Gasteiger partial charge in [-0.1, -0.05) is 19.1 Å². The Morgan fingerprint density at radius 2 is 2.15 bits per heavy atom. The van der Waals surface area contributed by atoms with E-state index in [9.17, 15) is 18.7 Å². The number of aliphatic hydroxyl groups is 1. The van der Waals surface area contributed by atoms with Crippen molar-refractivity contribution in [3.8, 4) is 5.75 Å². The van der Waals surface area contributed by atoms with E-state index in [1.807, 2.05) is 6.92 Å². The lowest BCUT2D eigenvalue weighted by atomic mass is 9.96. The lowest BCUT2D eigenvalue weighted by Gasteiger charge is -2.34. The van der Waals surface area contributed by atoms with Gasteiger partial charge in [0.1, 0.15) is 5.75 Å². The number of benzene rings is 1. The number of ether oxygens (including phenoxy) is 1. The van der Waals surface area contributed by atoms with Crippen LogP contribution in [0.3, 0.4) is 0 Å². The molecule has 1 aromatic rings. The van der Waals surface area contributed by atoms with Crippen molar-refractivity contribution in [3.05, 3.63) is 29.8 Å². The summed E-state index contributed by atoms with van der Waals surface area (Å²) in [6, 6.07) is 5.96. The van der Waals surface area contributed by atoms with Crippen LogP contribution >= 0.6 is 0 Å². The number of amides is 1. The van der Waals surface area contributed by atoms with Gasteiger partial charge in [-0.15, -0.1) is 0 Å². The minimum Gasteiger partial charge on any atom is -0.434 e. The summed E-state index contributed by atoms with van der Waals surface area (Å²) in [5.41, 5.74) is 0.122. The van der Waals surface area contributed by atoms with E-state index in [0.717, 1.165) is 0 Å². The molecule has 20 heavy (non-hydrogen) atoms. The minimum atomic E-state index is -2.97. The molecular weight excluding hydrogens is 268 g/mol. The Kier molecular flexibility index (Phi) is 4.54. The van der Waals surface area contributed by atoms with Gasteiger partial charge < -0.3 is 14.7 Å². The van der Waals surface area contributed by atoms with Crippen molar-refractivity contribution in [2.24, 2.45) is 5.92 Å². The molecule has 1 N–H and O–H groups in total. The number of aliphatic hydroxyl groups excluding tert-OH is 1. The van der Waals surface area contributed by atoms with Crippen LogP contribution in [0.4, 0.5) is 8.78 Å². The van der Waals surface area contributed by atoms with Crippen LogP contribution in [0.1, 0.15) is 23.7 Å². The zero-order valence-electron chi connectivity index (χ0n) is 11.1. The van der Waals surface area contributed by atoms with Gasteiger partial charge in [0.15, 0.2) is 0 Å². The molecule has 1 heterocycles. The molecule has 1 saturated heterocycles. The lowest BCUT2D eigenvalue weighted by molar-refractivity contribution is -0.0503. The summed E-state index contributed by atoms with van der Waals surface area (Å²) in [7, 11) is 0. The summed E-state index contributed by atoms with van der Waals surface area (Å²) >= 11 is 0. The monoisotopic (exact) mass is 285 g/mol. The van der Waals surface area contributed by atoms with Gasteiger partial charge in [-0.2, -0.15) is 8.78 Å². The second-order valence-corrected chi connectivity index (χ2v) is 4.96. The molecule has 0 aliphatic carbocycles. The van der Waals surface area contributed by atoms with Gasteiger partial charge in [-0.3, -0.25) is 4.79 Å². The van der Waals surface area contributed by atoms with Gasteiger partial charge in [-0.25, -0.2) is 0 Å². The van der Waals surface area contributed by atoms with Gasteiger partial charge in [0.25, 0.3) is 5.91 Å². The molecule has 1 aromatic carbocycles. The highest BCUT2D eigenvalue weighted by Gasteiger charge is 2.29. The summed E-state index contributed by atoms with van der Waals surface area (Å²) in [6.07, 6.45) is 0.0664. The molecule has 110 valence electrons. The van der Waals surface area contributed by atoms with Gasteiger partial charge in [0.2, 0.25) is 0 Å². The third-order valence-electron chi connectivity index (χ3n) is 3.48. The van der Waals surface area contributed by atoms with Crippen molar-refractivity contribution in [1.82, 2.24) is 4.90 Å². The highest BCUT2D eigenvalue weighted by Crippen LogP contribution is 2.24. The first kappa shape index (κ1) is 14.7. The van der Waals surface area contributed by atoms with Gasteiger partial charge in [0.05, 0.1) is 11.7 Å². The van der Waals surface area contributed by atoms with Crippen LogP contribution in [0.15, 0.2) is 24.3 Å². The van der Waals surface area contributed by atoms with E-state index in [4.69, 9.17) is 0 Å². The predicted molar refractivity (Wildman–Crippen MR) is 68.8 cm³/mol. The molecular formula is C14H17F2NO3. The first-order valence-corrected chi connectivity index (χ1v) is 6.50. The van der Waals surface area contributed by atoms with Crippen LogP contribution in [0.2, 0.25) is 0 Å². The average molecular weight is 285 g/mol. The number of hydrogen-bond donors (Lipinski definition) is 1. The molecule has 2 unspecified atom stereocenters. The highest BCUT2D eigenvalue weighted by atomic mass is 19.3. The summed E-state index contributed by atoms with van der Waals surface area (Å²) in [5, 5.41) is 9.66. The highest BCUT2D eigenvalue weighted by molar-refractivity contribution is 5.97. The molecule has 1 amide bonds. The molecule has 1 aliphatic heterocycles. The van der Waals surface area contributed by atoms with E-state index in [1.165, 1.54) is 18.2 Å². The quantitative estimate of drug-likeness (QED) is 0.925. The van der Waals surface area contributed by atoms with Crippen molar-refractivity contribution in [2.75, 3.05) is 13.1 Å². The number of carbonyl (C=O) groups excluding carboxylic acids is 1. The summed E-state index contributed by atoms with van der Waals surface area (Å²) < 4.78 is 29.1. The van der Waals surface area contributed by atoms with Crippen molar-refractivity contribution in [1.29, 1.82) is 0 Å². The van der Waals surface area contributed by atoms with Crippen LogP contribution in [0.5, 0.6) is 5.75 Å².